The fourth-order valence-electron chi connectivity index (χ4n) is 5.39. The number of urea groups is 1. The summed E-state index contributed by atoms with van der Waals surface area (Å²) in [5.41, 5.74) is 0.834. The summed E-state index contributed by atoms with van der Waals surface area (Å²) < 4.78 is 59.4. The Hall–Kier alpha value is -4.30. The van der Waals surface area contributed by atoms with Crippen LogP contribution in [0.25, 0.3) is 0 Å². The van der Waals surface area contributed by atoms with Crippen LogP contribution in [-0.2, 0) is 16.6 Å². The smallest absolute Gasteiger partial charge is 0.319 e. The van der Waals surface area contributed by atoms with Crippen LogP contribution < -0.4 is 25.4 Å². The van der Waals surface area contributed by atoms with Crippen LogP contribution in [0.3, 0.4) is 0 Å². The maximum absolute atomic E-state index is 14.4. The van der Waals surface area contributed by atoms with Crippen molar-refractivity contribution in [2.24, 2.45) is 5.92 Å². The van der Waals surface area contributed by atoms with Gasteiger partial charge in [0, 0.05) is 43.7 Å². The van der Waals surface area contributed by atoms with E-state index >= 15 is 0 Å². The number of likely N-dealkylation sites (tertiary alicyclic amines) is 1. The lowest BCUT2D eigenvalue weighted by Crippen LogP contribution is -2.46. The minimum absolute atomic E-state index is 0.127. The highest BCUT2D eigenvalue weighted by Crippen LogP contribution is 2.27. The highest BCUT2D eigenvalue weighted by Gasteiger charge is 2.28. The summed E-state index contributed by atoms with van der Waals surface area (Å²) in [5, 5.41) is 7.74. The molecule has 0 saturated carbocycles. The van der Waals surface area contributed by atoms with Crippen molar-refractivity contribution in [3.05, 3.63) is 77.5 Å². The molecule has 1 aliphatic heterocycles. The molecule has 1 fully saturated rings. The lowest BCUT2D eigenvalue weighted by molar-refractivity contribution is 0.0959. The molecule has 3 amide bonds. The summed E-state index contributed by atoms with van der Waals surface area (Å²) in [6, 6.07) is 11.1. The van der Waals surface area contributed by atoms with Crippen LogP contribution in [0.15, 0.2) is 54.7 Å². The molecule has 1 atom stereocenters. The summed E-state index contributed by atoms with van der Waals surface area (Å²) in [6.07, 6.45) is 7.22. The predicted octanol–water partition coefficient (Wildman–Crippen LogP) is 5.48. The van der Waals surface area contributed by atoms with Gasteiger partial charge in [-0.05, 0) is 74.2 Å². The SMILES string of the molecule is CCCCC(NC(=O)Nc1cc(C(=O)NC)c(F)cc1F)C1CCN(Cc2ccc(Oc3ccc(NS(C)(=O)=O)cc3)nc2)CC1. The second kappa shape index (κ2) is 15.8. The normalized spacial score (nSPS) is 14.7. The van der Waals surface area contributed by atoms with E-state index in [2.05, 4.69) is 37.5 Å². The van der Waals surface area contributed by atoms with Gasteiger partial charge in [-0.2, -0.15) is 0 Å². The van der Waals surface area contributed by atoms with E-state index < -0.39 is 33.6 Å². The molecule has 1 aromatic heterocycles. The number of amides is 3. The van der Waals surface area contributed by atoms with Crippen molar-refractivity contribution in [2.75, 3.05) is 36.4 Å². The van der Waals surface area contributed by atoms with Crippen LogP contribution in [-0.4, -0.2) is 62.7 Å². The van der Waals surface area contributed by atoms with E-state index in [0.717, 1.165) is 63.1 Å². The number of ether oxygens (including phenoxy) is 1. The Morgan fingerprint density at radius 2 is 1.78 bits per heavy atom. The highest BCUT2D eigenvalue weighted by atomic mass is 32.2. The third kappa shape index (κ3) is 10.1. The number of piperidine rings is 1. The number of hydrogen-bond donors (Lipinski definition) is 4. The van der Waals surface area contributed by atoms with Crippen molar-refractivity contribution in [1.29, 1.82) is 0 Å². The number of nitrogens with one attached hydrogen (secondary N) is 4. The highest BCUT2D eigenvalue weighted by molar-refractivity contribution is 7.92. The number of rotatable bonds is 13. The molecule has 11 nitrogen and oxygen atoms in total. The number of carbonyl (C=O) groups is 2. The van der Waals surface area contributed by atoms with Crippen LogP contribution in [0.1, 0.15) is 54.9 Å². The first-order valence-electron chi connectivity index (χ1n) is 15.2. The van der Waals surface area contributed by atoms with Gasteiger partial charge in [-0.3, -0.25) is 14.4 Å². The number of anilines is 2. The standard InChI is InChI=1S/C32H40F2N6O5S/c1-4-5-6-28(37-32(42)38-29-17-25(31(41)35-2)26(33)18-27(29)34)22-13-15-40(16-14-22)20-21-7-12-30(36-19-21)45-24-10-8-23(9-11-24)39-46(3,43)44/h7-12,17-19,22,28,39H,4-6,13-16,20H2,1-3H3,(H,35,41)(H2,37,38,42). The van der Waals surface area contributed by atoms with Gasteiger partial charge in [0.2, 0.25) is 15.9 Å². The zero-order chi connectivity index (χ0) is 33.3. The second-order valence-corrected chi connectivity index (χ2v) is 13.1. The molecule has 14 heteroatoms. The third-order valence-corrected chi connectivity index (χ3v) is 8.35. The summed E-state index contributed by atoms with van der Waals surface area (Å²) in [6.45, 7) is 4.43. The molecular formula is C32H40F2N6O5S. The molecule has 0 bridgehead atoms. The zero-order valence-electron chi connectivity index (χ0n) is 26.1. The number of halogens is 2. The van der Waals surface area contributed by atoms with Crippen molar-refractivity contribution < 1.29 is 31.5 Å². The third-order valence-electron chi connectivity index (χ3n) is 7.75. The van der Waals surface area contributed by atoms with E-state index in [0.29, 0.717) is 29.9 Å². The second-order valence-electron chi connectivity index (χ2n) is 11.4. The Morgan fingerprint density at radius 3 is 2.39 bits per heavy atom. The number of sulfonamides is 1. The maximum atomic E-state index is 14.4. The topological polar surface area (TPSA) is 142 Å². The number of hydrogen-bond acceptors (Lipinski definition) is 7. The molecule has 4 N–H and O–H groups in total. The monoisotopic (exact) mass is 658 g/mol. The van der Waals surface area contributed by atoms with E-state index in [-0.39, 0.29) is 23.2 Å². The van der Waals surface area contributed by atoms with Gasteiger partial charge in [-0.1, -0.05) is 25.8 Å². The first kappa shape index (κ1) is 34.6. The van der Waals surface area contributed by atoms with E-state index in [1.165, 1.54) is 7.05 Å². The summed E-state index contributed by atoms with van der Waals surface area (Å²) in [4.78, 5) is 31.6. The van der Waals surface area contributed by atoms with E-state index in [1.807, 2.05) is 6.07 Å². The van der Waals surface area contributed by atoms with Gasteiger partial charge in [0.25, 0.3) is 5.91 Å². The van der Waals surface area contributed by atoms with Crippen LogP contribution in [0, 0.1) is 17.6 Å². The van der Waals surface area contributed by atoms with E-state index in [4.69, 9.17) is 4.74 Å². The fourth-order valence-corrected chi connectivity index (χ4v) is 5.96. The van der Waals surface area contributed by atoms with Gasteiger partial charge in [-0.15, -0.1) is 0 Å². The van der Waals surface area contributed by atoms with Gasteiger partial charge in [0.1, 0.15) is 17.4 Å². The maximum Gasteiger partial charge on any atom is 0.319 e. The first-order valence-corrected chi connectivity index (χ1v) is 17.0. The summed E-state index contributed by atoms with van der Waals surface area (Å²) >= 11 is 0. The lowest BCUT2D eigenvalue weighted by Gasteiger charge is -2.36. The van der Waals surface area contributed by atoms with Gasteiger partial charge in [-0.25, -0.2) is 27.0 Å². The van der Waals surface area contributed by atoms with Crippen LogP contribution in [0.2, 0.25) is 0 Å². The Balaban J connectivity index is 1.29. The number of pyridine rings is 1. The summed E-state index contributed by atoms with van der Waals surface area (Å²) in [7, 11) is -2.02. The molecule has 4 rings (SSSR count). The average molecular weight is 659 g/mol. The molecule has 1 unspecified atom stereocenters. The molecule has 0 spiro atoms. The van der Waals surface area contributed by atoms with E-state index in [9.17, 15) is 26.8 Å². The molecule has 3 aromatic rings. The van der Waals surface area contributed by atoms with Crippen molar-refractivity contribution in [1.82, 2.24) is 20.5 Å². The molecule has 46 heavy (non-hydrogen) atoms. The Labute approximate surface area is 268 Å². The molecule has 1 saturated heterocycles. The zero-order valence-corrected chi connectivity index (χ0v) is 26.9. The lowest BCUT2D eigenvalue weighted by atomic mass is 9.86. The van der Waals surface area contributed by atoms with Gasteiger partial charge < -0.3 is 20.7 Å². The molecule has 2 heterocycles. The van der Waals surface area contributed by atoms with Crippen molar-refractivity contribution in [3.63, 3.8) is 0 Å². The number of nitrogens with zero attached hydrogens (tertiary/aromatic N) is 2. The van der Waals surface area contributed by atoms with Crippen molar-refractivity contribution in [3.8, 4) is 11.6 Å². The fraction of sp³-hybridized carbons (Fsp3) is 0.406. The first-order chi connectivity index (χ1) is 21.9. The Kier molecular flexibility index (Phi) is 11.9. The number of unbranched alkanes of at least 4 members (excludes halogenated alkanes) is 1. The van der Waals surface area contributed by atoms with Crippen LogP contribution in [0.4, 0.5) is 25.0 Å². The van der Waals surface area contributed by atoms with Crippen molar-refractivity contribution in [2.45, 2.75) is 51.6 Å². The largest absolute Gasteiger partial charge is 0.439 e. The van der Waals surface area contributed by atoms with Crippen LogP contribution >= 0.6 is 0 Å². The van der Waals surface area contributed by atoms with Gasteiger partial charge in [0.05, 0.1) is 17.5 Å². The molecular weight excluding hydrogens is 618 g/mol. The van der Waals surface area contributed by atoms with E-state index in [1.54, 1.807) is 36.5 Å². The number of aromatic nitrogens is 1. The molecule has 0 aliphatic carbocycles. The Bertz CT molecular complexity index is 1600. The van der Waals surface area contributed by atoms with Gasteiger partial charge >= 0.3 is 6.03 Å². The number of carbonyl (C=O) groups excluding carboxylic acids is 2. The molecule has 0 radical (unpaired) electrons. The molecule has 248 valence electrons. The molecule has 1 aliphatic rings. The summed E-state index contributed by atoms with van der Waals surface area (Å²) in [5.74, 6) is -1.53. The average Bonchev–Trinajstić information content (AvgIpc) is 3.02. The minimum Gasteiger partial charge on any atom is -0.439 e. The van der Waals surface area contributed by atoms with Crippen molar-refractivity contribution >= 4 is 33.3 Å². The van der Waals surface area contributed by atoms with Gasteiger partial charge in [0.15, 0.2) is 0 Å². The predicted molar refractivity (Wildman–Crippen MR) is 172 cm³/mol. The Morgan fingerprint density at radius 1 is 1.07 bits per heavy atom. The van der Waals surface area contributed by atoms with Crippen LogP contribution in [0.5, 0.6) is 11.6 Å². The quantitative estimate of drug-likeness (QED) is 0.191. The molecule has 2 aromatic carbocycles. The minimum atomic E-state index is -3.36. The number of benzene rings is 2.